The smallest absolute Gasteiger partial charge is 0.276 e. The zero-order chi connectivity index (χ0) is 18.1. The highest BCUT2D eigenvalue weighted by Gasteiger charge is 2.19. The largest absolute Gasteiger partial charge is 0.302 e. The minimum Gasteiger partial charge on any atom is -0.302 e. The van der Waals surface area contributed by atoms with E-state index < -0.39 is 10.3 Å². The molecule has 6 nitrogen and oxygen atoms in total. The number of carbonyl (C=O) groups excluding carboxylic acids is 1. The van der Waals surface area contributed by atoms with E-state index >= 15 is 0 Å². The standard InChI is InChI=1S/C17H18N2O4S/c1-17(2,3)14(20)10-15-18(4)16(21)13(24-15)9-11-7-5-6-8-12(11)19(22)23/h5-10H,1-4H3/b13-9+,15-10-. The zero-order valence-corrected chi connectivity index (χ0v) is 14.7. The van der Waals surface area contributed by atoms with Gasteiger partial charge in [0.05, 0.1) is 15.0 Å². The Labute approximate surface area is 142 Å². The topological polar surface area (TPSA) is 82.2 Å². The van der Waals surface area contributed by atoms with Crippen LogP contribution in [-0.2, 0) is 11.8 Å². The van der Waals surface area contributed by atoms with Crippen molar-refractivity contribution < 1.29 is 9.72 Å². The first-order valence-electron chi connectivity index (χ1n) is 7.28. The zero-order valence-electron chi connectivity index (χ0n) is 13.9. The predicted molar refractivity (Wildman–Crippen MR) is 94.4 cm³/mol. The first-order valence-corrected chi connectivity index (χ1v) is 8.10. The van der Waals surface area contributed by atoms with Crippen LogP contribution in [-0.4, -0.2) is 15.3 Å². The summed E-state index contributed by atoms with van der Waals surface area (Å²) in [6, 6.07) is 6.22. The third-order valence-corrected chi connectivity index (χ3v) is 4.59. The molecule has 2 aromatic rings. The van der Waals surface area contributed by atoms with Crippen LogP contribution in [0.25, 0.3) is 12.2 Å². The van der Waals surface area contributed by atoms with Crippen LogP contribution in [0.3, 0.4) is 0 Å². The summed E-state index contributed by atoms with van der Waals surface area (Å²) in [5.41, 5.74) is -0.534. The van der Waals surface area contributed by atoms with Gasteiger partial charge in [-0.1, -0.05) is 32.9 Å². The summed E-state index contributed by atoms with van der Waals surface area (Å²) in [4.78, 5) is 35.1. The predicted octanol–water partition coefficient (Wildman–Crippen LogP) is 1.58. The number of nitrogens with zero attached hydrogens (tertiary/aromatic N) is 2. The molecule has 0 bridgehead atoms. The fraction of sp³-hybridized carbons (Fsp3) is 0.294. The number of aromatic nitrogens is 1. The normalized spacial score (nSPS) is 13.3. The monoisotopic (exact) mass is 346 g/mol. The van der Waals surface area contributed by atoms with Gasteiger partial charge in [-0.25, -0.2) is 0 Å². The Balaban J connectivity index is 2.66. The second kappa shape index (κ2) is 6.52. The van der Waals surface area contributed by atoms with Crippen molar-refractivity contribution in [3.63, 3.8) is 0 Å². The van der Waals surface area contributed by atoms with Gasteiger partial charge in [0.1, 0.15) is 4.66 Å². The van der Waals surface area contributed by atoms with Gasteiger partial charge in [0, 0.05) is 24.6 Å². The van der Waals surface area contributed by atoms with E-state index in [4.69, 9.17) is 0 Å². The maximum atomic E-state index is 12.3. The molecule has 0 N–H and O–H groups in total. The number of rotatable bonds is 3. The van der Waals surface area contributed by atoms with Crippen LogP contribution in [0.1, 0.15) is 26.3 Å². The van der Waals surface area contributed by atoms with E-state index in [0.717, 1.165) is 11.3 Å². The van der Waals surface area contributed by atoms with Gasteiger partial charge in [-0.3, -0.25) is 19.7 Å². The molecule has 0 fully saturated rings. The third-order valence-electron chi connectivity index (χ3n) is 3.47. The molecule has 0 saturated carbocycles. The van der Waals surface area contributed by atoms with Crippen molar-refractivity contribution >= 4 is 35.0 Å². The highest BCUT2D eigenvalue weighted by atomic mass is 32.1. The Morgan fingerprint density at radius 3 is 2.50 bits per heavy atom. The highest BCUT2D eigenvalue weighted by molar-refractivity contribution is 7.07. The summed E-state index contributed by atoms with van der Waals surface area (Å²) < 4.78 is 2.25. The number of benzene rings is 1. The summed E-state index contributed by atoms with van der Waals surface area (Å²) in [5.74, 6) is -0.0865. The van der Waals surface area contributed by atoms with Gasteiger partial charge in [0.25, 0.3) is 11.2 Å². The fourth-order valence-corrected chi connectivity index (χ4v) is 2.97. The summed E-state index contributed by atoms with van der Waals surface area (Å²) in [6.07, 6.45) is 2.94. The van der Waals surface area contributed by atoms with Crippen molar-refractivity contribution in [2.75, 3.05) is 0 Å². The van der Waals surface area contributed by atoms with Gasteiger partial charge in [-0.05, 0) is 12.1 Å². The molecule has 0 saturated heterocycles. The summed E-state index contributed by atoms with van der Waals surface area (Å²) >= 11 is 1.14. The van der Waals surface area contributed by atoms with Crippen molar-refractivity contribution in [3.05, 3.63) is 59.5 Å². The lowest BCUT2D eigenvalue weighted by molar-refractivity contribution is -0.385. The van der Waals surface area contributed by atoms with Crippen LogP contribution in [0.5, 0.6) is 0 Å². The van der Waals surface area contributed by atoms with Crippen molar-refractivity contribution in [2.45, 2.75) is 20.8 Å². The number of hydrogen-bond acceptors (Lipinski definition) is 5. The molecular weight excluding hydrogens is 328 g/mol. The molecular formula is C17H18N2O4S. The molecule has 0 amide bonds. The van der Waals surface area contributed by atoms with Crippen molar-refractivity contribution in [3.8, 4) is 0 Å². The average molecular weight is 346 g/mol. The van der Waals surface area contributed by atoms with Gasteiger partial charge < -0.3 is 4.57 Å². The molecule has 0 spiro atoms. The van der Waals surface area contributed by atoms with E-state index in [1.165, 1.54) is 22.8 Å². The Hall–Kier alpha value is -2.54. The van der Waals surface area contributed by atoms with E-state index in [-0.39, 0.29) is 17.0 Å². The van der Waals surface area contributed by atoms with Gasteiger partial charge >= 0.3 is 0 Å². The SMILES string of the molecule is Cn1c(=O)/c(=C\c2ccccc2[N+](=O)[O-])s/c1=C\C(=O)C(C)(C)C. The molecule has 2 rings (SSSR count). The number of para-hydroxylation sites is 1. The van der Waals surface area contributed by atoms with Crippen LogP contribution >= 0.6 is 11.3 Å². The molecule has 1 aromatic heterocycles. The van der Waals surface area contributed by atoms with Crippen LogP contribution in [0.2, 0.25) is 0 Å². The minimum absolute atomic E-state index is 0.0655. The lowest BCUT2D eigenvalue weighted by atomic mass is 9.91. The van der Waals surface area contributed by atoms with Crippen molar-refractivity contribution in [2.24, 2.45) is 12.5 Å². The summed E-state index contributed by atoms with van der Waals surface area (Å²) in [7, 11) is 1.58. The molecule has 126 valence electrons. The Morgan fingerprint density at radius 2 is 1.92 bits per heavy atom. The van der Waals surface area contributed by atoms with Crippen molar-refractivity contribution in [1.82, 2.24) is 4.57 Å². The van der Waals surface area contributed by atoms with Crippen LogP contribution in [0, 0.1) is 15.5 Å². The molecule has 7 heteroatoms. The van der Waals surface area contributed by atoms with E-state index in [2.05, 4.69) is 0 Å². The quantitative estimate of drug-likeness (QED) is 0.624. The number of thiazole rings is 1. The van der Waals surface area contributed by atoms with Crippen LogP contribution in [0.4, 0.5) is 5.69 Å². The first-order chi connectivity index (χ1) is 11.1. The lowest BCUT2D eigenvalue weighted by Gasteiger charge is -2.12. The van der Waals surface area contributed by atoms with Gasteiger partial charge in [0.15, 0.2) is 5.78 Å². The second-order valence-electron chi connectivity index (χ2n) is 6.39. The van der Waals surface area contributed by atoms with Gasteiger partial charge in [0.2, 0.25) is 0 Å². The Kier molecular flexibility index (Phi) is 4.84. The molecule has 0 aliphatic rings. The van der Waals surface area contributed by atoms with Crippen LogP contribution in [0.15, 0.2) is 29.1 Å². The van der Waals surface area contributed by atoms with E-state index in [1.54, 1.807) is 46.0 Å². The molecule has 0 atom stereocenters. The minimum atomic E-state index is -0.540. The van der Waals surface area contributed by atoms with Gasteiger partial charge in [-0.15, -0.1) is 11.3 Å². The average Bonchev–Trinajstić information content (AvgIpc) is 2.75. The highest BCUT2D eigenvalue weighted by Crippen LogP contribution is 2.18. The van der Waals surface area contributed by atoms with Gasteiger partial charge in [-0.2, -0.15) is 0 Å². The maximum absolute atomic E-state index is 12.3. The third kappa shape index (κ3) is 3.68. The molecule has 24 heavy (non-hydrogen) atoms. The number of hydrogen-bond donors (Lipinski definition) is 0. The molecule has 0 aliphatic carbocycles. The summed E-state index contributed by atoms with van der Waals surface area (Å²) in [5, 5.41) is 11.1. The number of nitro benzene ring substituents is 1. The van der Waals surface area contributed by atoms with E-state index in [0.29, 0.717) is 14.8 Å². The molecule has 0 aliphatic heterocycles. The van der Waals surface area contributed by atoms with E-state index in [1.807, 2.05) is 0 Å². The molecule has 0 unspecified atom stereocenters. The number of ketones is 1. The Morgan fingerprint density at radius 1 is 1.29 bits per heavy atom. The van der Waals surface area contributed by atoms with Crippen molar-refractivity contribution in [1.29, 1.82) is 0 Å². The number of nitro groups is 1. The molecule has 1 heterocycles. The van der Waals surface area contributed by atoms with E-state index in [9.17, 15) is 19.7 Å². The molecule has 0 radical (unpaired) electrons. The number of Topliss-reactive ketones (excluding diaryl/α,β-unsaturated/α-hetero) is 1. The second-order valence-corrected chi connectivity index (χ2v) is 7.45. The van der Waals surface area contributed by atoms with Crippen LogP contribution < -0.4 is 14.8 Å². The summed E-state index contributed by atoms with van der Waals surface area (Å²) in [6.45, 7) is 5.41. The maximum Gasteiger partial charge on any atom is 0.276 e. The fourth-order valence-electron chi connectivity index (χ4n) is 1.95. The number of carbonyl (C=O) groups is 1. The molecule has 1 aromatic carbocycles. The lowest BCUT2D eigenvalue weighted by Crippen LogP contribution is -2.30. The first kappa shape index (κ1) is 17.8. The Bertz CT molecular complexity index is 977.